The maximum atomic E-state index is 11.8. The molecule has 0 aliphatic heterocycles. The molecular weight excluding hydrogens is 264 g/mol. The minimum Gasteiger partial charge on any atom is -0.332 e. The highest BCUT2D eigenvalue weighted by Crippen LogP contribution is 2.14. The fraction of sp³-hybridized carbons (Fsp3) is 0.250. The zero-order valence-electron chi connectivity index (χ0n) is 12.3. The lowest BCUT2D eigenvalue weighted by atomic mass is 10.1. The normalized spacial score (nSPS) is 11.8. The Bertz CT molecular complexity index is 608. The molecule has 5 nitrogen and oxygen atoms in total. The van der Waals surface area contributed by atoms with Gasteiger partial charge < -0.3 is 16.4 Å². The molecule has 2 rings (SSSR count). The predicted molar refractivity (Wildman–Crippen MR) is 83.9 cm³/mol. The van der Waals surface area contributed by atoms with E-state index >= 15 is 0 Å². The maximum absolute atomic E-state index is 11.8. The van der Waals surface area contributed by atoms with Crippen LogP contribution >= 0.6 is 0 Å². The summed E-state index contributed by atoms with van der Waals surface area (Å²) in [7, 11) is 0. The molecule has 0 aliphatic rings. The van der Waals surface area contributed by atoms with Crippen molar-refractivity contribution < 1.29 is 4.79 Å². The van der Waals surface area contributed by atoms with E-state index in [0.29, 0.717) is 6.54 Å². The van der Waals surface area contributed by atoms with Gasteiger partial charge in [-0.05, 0) is 43.2 Å². The molecule has 1 unspecified atom stereocenters. The van der Waals surface area contributed by atoms with Crippen molar-refractivity contribution in [3.05, 3.63) is 59.4 Å². The molecule has 21 heavy (non-hydrogen) atoms. The number of amides is 2. The number of hydrogen-bond donors (Lipinski definition) is 3. The lowest BCUT2D eigenvalue weighted by Crippen LogP contribution is -2.28. The van der Waals surface area contributed by atoms with Gasteiger partial charge in [0, 0.05) is 17.9 Å². The predicted octanol–water partition coefficient (Wildman–Crippen LogP) is 2.73. The number of urea groups is 1. The number of benzene rings is 1. The number of hydrogen-bond acceptors (Lipinski definition) is 3. The lowest BCUT2D eigenvalue weighted by Gasteiger charge is -2.10. The first kappa shape index (κ1) is 15.0. The Morgan fingerprint density at radius 3 is 2.62 bits per heavy atom. The van der Waals surface area contributed by atoms with Gasteiger partial charge in [0.2, 0.25) is 0 Å². The van der Waals surface area contributed by atoms with Crippen LogP contribution in [0.2, 0.25) is 0 Å². The van der Waals surface area contributed by atoms with Gasteiger partial charge in [-0.3, -0.25) is 4.98 Å². The van der Waals surface area contributed by atoms with Gasteiger partial charge in [0.15, 0.2) is 0 Å². The monoisotopic (exact) mass is 284 g/mol. The van der Waals surface area contributed by atoms with Crippen molar-refractivity contribution in [3.8, 4) is 0 Å². The molecule has 2 aromatic rings. The molecular formula is C16H20N4O. The summed E-state index contributed by atoms with van der Waals surface area (Å²) in [6, 6.07) is 11.1. The summed E-state index contributed by atoms with van der Waals surface area (Å²) in [6.07, 6.45) is 1.72. The Hall–Kier alpha value is -2.40. The van der Waals surface area contributed by atoms with E-state index in [1.54, 1.807) is 6.20 Å². The van der Waals surface area contributed by atoms with Gasteiger partial charge in [-0.1, -0.05) is 18.2 Å². The highest BCUT2D eigenvalue weighted by Gasteiger charge is 2.05. The number of aryl methyl sites for hydroxylation is 1. The summed E-state index contributed by atoms with van der Waals surface area (Å²) in [6.45, 7) is 4.29. The van der Waals surface area contributed by atoms with Crippen molar-refractivity contribution >= 4 is 11.7 Å². The molecule has 0 spiro atoms. The number of carbonyl (C=O) groups is 1. The number of nitrogens with zero attached hydrogens (tertiary/aromatic N) is 1. The Morgan fingerprint density at radius 2 is 2.00 bits per heavy atom. The zero-order chi connectivity index (χ0) is 15.2. The topological polar surface area (TPSA) is 80.0 Å². The fourth-order valence-electron chi connectivity index (χ4n) is 1.91. The number of carbonyl (C=O) groups excluding carboxylic acids is 1. The van der Waals surface area contributed by atoms with Crippen LogP contribution in [0.3, 0.4) is 0 Å². The molecule has 5 heteroatoms. The van der Waals surface area contributed by atoms with Gasteiger partial charge >= 0.3 is 6.03 Å². The average Bonchev–Trinajstić information content (AvgIpc) is 2.47. The van der Waals surface area contributed by atoms with E-state index in [1.165, 1.54) is 0 Å². The molecule has 1 atom stereocenters. The molecule has 4 N–H and O–H groups in total. The number of anilines is 1. The summed E-state index contributed by atoms with van der Waals surface area (Å²) >= 11 is 0. The molecule has 1 heterocycles. The first-order chi connectivity index (χ1) is 10.1. The highest BCUT2D eigenvalue weighted by atomic mass is 16.2. The van der Waals surface area contributed by atoms with Crippen LogP contribution in [0, 0.1) is 6.92 Å². The smallest absolute Gasteiger partial charge is 0.319 e. The minimum absolute atomic E-state index is 0.0139. The van der Waals surface area contributed by atoms with E-state index in [1.807, 2.05) is 50.2 Å². The van der Waals surface area contributed by atoms with Gasteiger partial charge in [0.1, 0.15) is 0 Å². The second-order valence-corrected chi connectivity index (χ2v) is 4.99. The van der Waals surface area contributed by atoms with Crippen molar-refractivity contribution in [2.75, 3.05) is 5.32 Å². The molecule has 1 aromatic carbocycles. The molecule has 0 saturated carbocycles. The number of rotatable bonds is 4. The average molecular weight is 284 g/mol. The summed E-state index contributed by atoms with van der Waals surface area (Å²) < 4.78 is 0. The Balaban J connectivity index is 1.88. The molecule has 110 valence electrons. The van der Waals surface area contributed by atoms with Gasteiger partial charge in [-0.2, -0.15) is 0 Å². The first-order valence-electron chi connectivity index (χ1n) is 6.87. The van der Waals surface area contributed by atoms with E-state index in [4.69, 9.17) is 5.73 Å². The maximum Gasteiger partial charge on any atom is 0.319 e. The number of aromatic nitrogens is 1. The molecule has 0 bridgehead atoms. The second-order valence-electron chi connectivity index (χ2n) is 4.99. The molecule has 0 radical (unpaired) electrons. The van der Waals surface area contributed by atoms with Crippen LogP contribution < -0.4 is 16.4 Å². The molecule has 1 aromatic heterocycles. The first-order valence-corrected chi connectivity index (χ1v) is 6.87. The van der Waals surface area contributed by atoms with Crippen LogP contribution in [0.25, 0.3) is 0 Å². The van der Waals surface area contributed by atoms with Crippen molar-refractivity contribution in [1.82, 2.24) is 10.3 Å². The third-order valence-corrected chi connectivity index (χ3v) is 3.23. The van der Waals surface area contributed by atoms with Gasteiger partial charge in [-0.25, -0.2) is 4.79 Å². The van der Waals surface area contributed by atoms with Crippen LogP contribution in [-0.2, 0) is 6.54 Å². The van der Waals surface area contributed by atoms with Crippen LogP contribution in [-0.4, -0.2) is 11.0 Å². The summed E-state index contributed by atoms with van der Waals surface area (Å²) in [4.78, 5) is 16.1. The van der Waals surface area contributed by atoms with Crippen molar-refractivity contribution in [2.24, 2.45) is 5.73 Å². The Kier molecular flexibility index (Phi) is 4.90. The van der Waals surface area contributed by atoms with Crippen LogP contribution in [0.1, 0.15) is 29.8 Å². The quantitative estimate of drug-likeness (QED) is 0.807. The largest absolute Gasteiger partial charge is 0.332 e. The number of pyridine rings is 1. The van der Waals surface area contributed by atoms with E-state index in [0.717, 1.165) is 22.5 Å². The molecule has 0 aliphatic carbocycles. The second kappa shape index (κ2) is 6.85. The lowest BCUT2D eigenvalue weighted by molar-refractivity contribution is 0.251. The summed E-state index contributed by atoms with van der Waals surface area (Å²) in [5.41, 5.74) is 9.46. The fourth-order valence-corrected chi connectivity index (χ4v) is 1.91. The molecule has 2 amide bonds. The highest BCUT2D eigenvalue weighted by molar-refractivity contribution is 5.89. The summed E-state index contributed by atoms with van der Waals surface area (Å²) in [5, 5.41) is 5.57. The summed E-state index contributed by atoms with van der Waals surface area (Å²) in [5.74, 6) is 0. The Labute approximate surface area is 124 Å². The van der Waals surface area contributed by atoms with E-state index < -0.39 is 0 Å². The third-order valence-electron chi connectivity index (χ3n) is 3.23. The zero-order valence-corrected chi connectivity index (χ0v) is 12.3. The van der Waals surface area contributed by atoms with Gasteiger partial charge in [-0.15, -0.1) is 0 Å². The van der Waals surface area contributed by atoms with Crippen molar-refractivity contribution in [1.29, 1.82) is 0 Å². The van der Waals surface area contributed by atoms with Gasteiger partial charge in [0.25, 0.3) is 0 Å². The van der Waals surface area contributed by atoms with Crippen LogP contribution in [0.4, 0.5) is 10.5 Å². The van der Waals surface area contributed by atoms with Crippen LogP contribution in [0.5, 0.6) is 0 Å². The molecule has 0 fully saturated rings. The molecule has 0 saturated heterocycles. The SMILES string of the molecule is Cc1cccnc1CNC(=O)Nc1ccc(C(C)N)cc1. The standard InChI is InChI=1S/C16H20N4O/c1-11-4-3-9-18-15(11)10-19-16(21)20-14-7-5-13(6-8-14)12(2)17/h3-9,12H,10,17H2,1-2H3,(H2,19,20,21). The van der Waals surface area contributed by atoms with Gasteiger partial charge in [0.05, 0.1) is 12.2 Å². The van der Waals surface area contributed by atoms with E-state index in [9.17, 15) is 4.79 Å². The number of nitrogens with two attached hydrogens (primary N) is 1. The van der Waals surface area contributed by atoms with E-state index in [2.05, 4.69) is 15.6 Å². The van der Waals surface area contributed by atoms with Crippen molar-refractivity contribution in [3.63, 3.8) is 0 Å². The number of nitrogens with one attached hydrogen (secondary N) is 2. The minimum atomic E-state index is -0.256. The van der Waals surface area contributed by atoms with Crippen molar-refractivity contribution in [2.45, 2.75) is 26.4 Å². The third kappa shape index (κ3) is 4.29. The van der Waals surface area contributed by atoms with Crippen LogP contribution in [0.15, 0.2) is 42.6 Å². The Morgan fingerprint density at radius 1 is 1.29 bits per heavy atom. The van der Waals surface area contributed by atoms with E-state index in [-0.39, 0.29) is 12.1 Å².